The maximum absolute atomic E-state index is 13.1. The molecule has 0 saturated carbocycles. The number of ether oxygens (including phenoxy) is 2. The van der Waals surface area contributed by atoms with Crippen LogP contribution in [0.4, 0.5) is 10.5 Å². The molecule has 8 heteroatoms. The number of fused-ring (bicyclic) bond motifs is 1. The number of amides is 4. The second kappa shape index (κ2) is 7.12. The van der Waals surface area contributed by atoms with E-state index in [1.807, 2.05) is 18.2 Å². The molecule has 2 heterocycles. The fraction of sp³-hybridized carbons (Fsp3) is 0.286. The summed E-state index contributed by atoms with van der Waals surface area (Å²) < 4.78 is 11.1. The molecule has 1 fully saturated rings. The van der Waals surface area contributed by atoms with E-state index in [4.69, 9.17) is 9.47 Å². The summed E-state index contributed by atoms with van der Waals surface area (Å²) in [7, 11) is 1.61. The number of rotatable bonds is 4. The van der Waals surface area contributed by atoms with Crippen molar-refractivity contribution in [3.05, 3.63) is 54.1 Å². The van der Waals surface area contributed by atoms with Gasteiger partial charge in [0, 0.05) is 12.7 Å². The Morgan fingerprint density at radius 1 is 1.10 bits per heavy atom. The molecule has 4 rings (SSSR count). The first-order valence-corrected chi connectivity index (χ1v) is 9.26. The maximum Gasteiger partial charge on any atom is 0.325 e. The molecular formula is C21H21N3O5. The first-order chi connectivity index (χ1) is 13.9. The average Bonchev–Trinajstić information content (AvgIpc) is 2.97. The minimum absolute atomic E-state index is 0.351. The first-order valence-electron chi connectivity index (χ1n) is 9.26. The molecule has 150 valence electrons. The zero-order valence-corrected chi connectivity index (χ0v) is 16.2. The monoisotopic (exact) mass is 395 g/mol. The molecule has 0 aliphatic carbocycles. The van der Waals surface area contributed by atoms with Crippen LogP contribution in [0.2, 0.25) is 0 Å². The topological polar surface area (TPSA) is 88.2 Å². The largest absolute Gasteiger partial charge is 0.486 e. The molecule has 0 unspecified atom stereocenters. The van der Waals surface area contributed by atoms with Gasteiger partial charge in [-0.3, -0.25) is 14.5 Å². The summed E-state index contributed by atoms with van der Waals surface area (Å²) in [4.78, 5) is 40.6. The molecule has 2 aromatic rings. The lowest BCUT2D eigenvalue weighted by molar-refractivity contribution is -0.134. The summed E-state index contributed by atoms with van der Waals surface area (Å²) in [5, 5.41) is 2.71. The third kappa shape index (κ3) is 3.26. The first kappa shape index (κ1) is 18.8. The predicted molar refractivity (Wildman–Crippen MR) is 105 cm³/mol. The van der Waals surface area contributed by atoms with E-state index in [-0.39, 0.29) is 12.5 Å². The van der Waals surface area contributed by atoms with Crippen molar-refractivity contribution in [1.29, 1.82) is 0 Å². The van der Waals surface area contributed by atoms with E-state index >= 15 is 0 Å². The molecule has 8 nitrogen and oxygen atoms in total. The average molecular weight is 395 g/mol. The Morgan fingerprint density at radius 2 is 1.79 bits per heavy atom. The highest BCUT2D eigenvalue weighted by Gasteiger charge is 2.50. The summed E-state index contributed by atoms with van der Waals surface area (Å²) in [5.41, 5.74) is -0.0518. The Hall–Kier alpha value is -3.55. The Bertz CT molecular complexity index is 978. The van der Waals surface area contributed by atoms with E-state index in [1.54, 1.807) is 44.3 Å². The van der Waals surface area contributed by atoms with Gasteiger partial charge in [0.1, 0.15) is 25.3 Å². The van der Waals surface area contributed by atoms with Crippen LogP contribution in [-0.4, -0.2) is 49.6 Å². The molecule has 2 aliphatic heterocycles. The van der Waals surface area contributed by atoms with E-state index in [9.17, 15) is 14.4 Å². The Morgan fingerprint density at radius 3 is 2.52 bits per heavy atom. The van der Waals surface area contributed by atoms with Gasteiger partial charge in [-0.1, -0.05) is 24.3 Å². The summed E-state index contributed by atoms with van der Waals surface area (Å²) >= 11 is 0. The van der Waals surface area contributed by atoms with Gasteiger partial charge in [-0.2, -0.15) is 0 Å². The fourth-order valence-electron chi connectivity index (χ4n) is 3.43. The van der Waals surface area contributed by atoms with E-state index in [0.29, 0.717) is 36.0 Å². The normalized spacial score (nSPS) is 20.4. The zero-order chi connectivity index (χ0) is 20.6. The third-order valence-electron chi connectivity index (χ3n) is 5.21. The van der Waals surface area contributed by atoms with Gasteiger partial charge in [0.2, 0.25) is 5.91 Å². The number of urea groups is 1. The molecule has 2 aromatic carbocycles. The van der Waals surface area contributed by atoms with E-state index < -0.39 is 17.5 Å². The summed E-state index contributed by atoms with van der Waals surface area (Å²) in [6, 6.07) is 13.5. The van der Waals surface area contributed by atoms with Crippen molar-refractivity contribution in [2.75, 3.05) is 31.7 Å². The van der Waals surface area contributed by atoms with Crippen molar-refractivity contribution >= 4 is 23.5 Å². The summed E-state index contributed by atoms with van der Waals surface area (Å²) in [6.07, 6.45) is 0. The number of nitrogens with zero attached hydrogens (tertiary/aromatic N) is 2. The van der Waals surface area contributed by atoms with Crippen molar-refractivity contribution in [2.24, 2.45) is 0 Å². The number of carbonyl (C=O) groups is 3. The molecular weight excluding hydrogens is 374 g/mol. The number of hydrogen-bond donors (Lipinski definition) is 1. The van der Waals surface area contributed by atoms with E-state index in [0.717, 1.165) is 4.90 Å². The highest BCUT2D eigenvalue weighted by Crippen LogP contribution is 2.36. The maximum atomic E-state index is 13.1. The van der Waals surface area contributed by atoms with Crippen LogP contribution in [0.3, 0.4) is 0 Å². The van der Waals surface area contributed by atoms with Crippen LogP contribution in [0.5, 0.6) is 11.5 Å². The predicted octanol–water partition coefficient (Wildman–Crippen LogP) is 1.89. The number of imide groups is 1. The number of para-hydroxylation sites is 1. The lowest BCUT2D eigenvalue weighted by Gasteiger charge is -2.25. The molecule has 1 atom stereocenters. The molecule has 0 bridgehead atoms. The minimum Gasteiger partial charge on any atom is -0.486 e. The highest BCUT2D eigenvalue weighted by atomic mass is 16.6. The van der Waals surface area contributed by atoms with Crippen LogP contribution in [0.1, 0.15) is 12.5 Å². The van der Waals surface area contributed by atoms with Crippen LogP contribution >= 0.6 is 0 Å². The second-order valence-corrected chi connectivity index (χ2v) is 7.09. The number of anilines is 1. The van der Waals surface area contributed by atoms with Gasteiger partial charge >= 0.3 is 6.03 Å². The molecule has 1 N–H and O–H groups in total. The lowest BCUT2D eigenvalue weighted by atomic mass is 9.91. The summed E-state index contributed by atoms with van der Waals surface area (Å²) in [6.45, 7) is 2.14. The van der Waals surface area contributed by atoms with Gasteiger partial charge in [0.15, 0.2) is 11.5 Å². The number of hydrogen-bond acceptors (Lipinski definition) is 5. The van der Waals surface area contributed by atoms with Crippen molar-refractivity contribution in [1.82, 2.24) is 10.2 Å². The lowest BCUT2D eigenvalue weighted by Crippen LogP contribution is -2.43. The Balaban J connectivity index is 1.55. The number of benzene rings is 2. The van der Waals surface area contributed by atoms with E-state index in [1.165, 1.54) is 4.90 Å². The quantitative estimate of drug-likeness (QED) is 0.799. The Labute approximate surface area is 168 Å². The Kier molecular flexibility index (Phi) is 4.62. The van der Waals surface area contributed by atoms with Crippen molar-refractivity contribution in [3.63, 3.8) is 0 Å². The molecule has 4 amide bonds. The molecule has 2 aliphatic rings. The molecule has 0 spiro atoms. The zero-order valence-electron chi connectivity index (χ0n) is 16.2. The van der Waals surface area contributed by atoms with Crippen LogP contribution in [-0.2, 0) is 15.1 Å². The van der Waals surface area contributed by atoms with Crippen LogP contribution < -0.4 is 19.7 Å². The molecule has 29 heavy (non-hydrogen) atoms. The molecule has 1 saturated heterocycles. The van der Waals surface area contributed by atoms with Crippen molar-refractivity contribution in [2.45, 2.75) is 12.5 Å². The van der Waals surface area contributed by atoms with Crippen molar-refractivity contribution < 1.29 is 23.9 Å². The van der Waals surface area contributed by atoms with Crippen LogP contribution in [0.15, 0.2) is 48.5 Å². The van der Waals surface area contributed by atoms with Crippen molar-refractivity contribution in [3.8, 4) is 11.5 Å². The van der Waals surface area contributed by atoms with Gasteiger partial charge < -0.3 is 19.7 Å². The van der Waals surface area contributed by atoms with Gasteiger partial charge in [0.25, 0.3) is 5.91 Å². The third-order valence-corrected chi connectivity index (χ3v) is 5.21. The van der Waals surface area contributed by atoms with Crippen LogP contribution in [0.25, 0.3) is 0 Å². The van der Waals surface area contributed by atoms with Gasteiger partial charge in [-0.05, 0) is 36.8 Å². The molecule has 0 aromatic heterocycles. The number of nitrogens with one attached hydrogen (secondary N) is 1. The number of carbonyl (C=O) groups excluding carboxylic acids is 3. The van der Waals surface area contributed by atoms with E-state index in [2.05, 4.69) is 5.32 Å². The fourth-order valence-corrected chi connectivity index (χ4v) is 3.43. The highest BCUT2D eigenvalue weighted by molar-refractivity contribution is 6.10. The van der Waals surface area contributed by atoms with Gasteiger partial charge in [-0.25, -0.2) is 4.79 Å². The smallest absolute Gasteiger partial charge is 0.325 e. The number of likely N-dealkylation sites (N-methyl/N-ethyl adjacent to an activating group) is 1. The standard InChI is InChI=1S/C21H21N3O5/c1-21(14-8-9-16-17(12-14)29-11-10-28-16)19(26)24(20(27)22-21)13-18(25)23(2)15-6-4-3-5-7-15/h3-9,12H,10-11,13H2,1-2H3,(H,22,27)/t21-/m0/s1. The SMILES string of the molecule is CN(C(=O)CN1C(=O)N[C@@](C)(c2ccc3c(c2)OCCO3)C1=O)c1ccccc1. The van der Waals surface area contributed by atoms with Crippen LogP contribution in [0, 0.1) is 0 Å². The minimum atomic E-state index is -1.29. The molecule has 0 radical (unpaired) electrons. The van der Waals surface area contributed by atoms with Gasteiger partial charge in [0.05, 0.1) is 0 Å². The summed E-state index contributed by atoms with van der Waals surface area (Å²) in [5.74, 6) is 0.257. The van der Waals surface area contributed by atoms with Gasteiger partial charge in [-0.15, -0.1) is 0 Å². The second-order valence-electron chi connectivity index (χ2n) is 7.09.